The number of carbonyl (C=O) groups excluding carboxylic acids is 1. The first-order valence-electron chi connectivity index (χ1n) is 4.43. The zero-order valence-electron chi connectivity index (χ0n) is 8.39. The van der Waals surface area contributed by atoms with Gasteiger partial charge in [0.15, 0.2) is 0 Å². The second-order valence-electron chi connectivity index (χ2n) is 3.49. The standard InChI is InChI=1S/C8H15NO4S/c1-13-8(10)7-3-4-9(7)5-6-14(2,11)12/h7H,3-6H2,1-2H3. The second-order valence-corrected chi connectivity index (χ2v) is 5.75. The van der Waals surface area contributed by atoms with Gasteiger partial charge in [0.1, 0.15) is 15.9 Å². The summed E-state index contributed by atoms with van der Waals surface area (Å²) in [4.78, 5) is 12.9. The SMILES string of the molecule is COC(=O)C1CCN1CCS(C)(=O)=O. The highest BCUT2D eigenvalue weighted by Crippen LogP contribution is 2.17. The van der Waals surface area contributed by atoms with Crippen LogP contribution in [0.3, 0.4) is 0 Å². The number of likely N-dealkylation sites (tertiary alicyclic amines) is 1. The van der Waals surface area contributed by atoms with E-state index < -0.39 is 9.84 Å². The first kappa shape index (κ1) is 11.5. The predicted molar refractivity (Wildman–Crippen MR) is 51.7 cm³/mol. The van der Waals surface area contributed by atoms with E-state index in [1.54, 1.807) is 0 Å². The molecular formula is C8H15NO4S. The molecule has 1 aliphatic rings. The van der Waals surface area contributed by atoms with Gasteiger partial charge < -0.3 is 4.74 Å². The molecule has 1 atom stereocenters. The Morgan fingerprint density at radius 3 is 2.57 bits per heavy atom. The summed E-state index contributed by atoms with van der Waals surface area (Å²) >= 11 is 0. The Balaban J connectivity index is 2.37. The van der Waals surface area contributed by atoms with Gasteiger partial charge in [-0.3, -0.25) is 9.69 Å². The fraction of sp³-hybridized carbons (Fsp3) is 0.875. The highest BCUT2D eigenvalue weighted by Gasteiger charge is 2.34. The molecule has 0 aromatic heterocycles. The van der Waals surface area contributed by atoms with Crippen LogP contribution < -0.4 is 0 Å². The fourth-order valence-electron chi connectivity index (χ4n) is 1.39. The molecule has 14 heavy (non-hydrogen) atoms. The Morgan fingerprint density at radius 1 is 1.57 bits per heavy atom. The molecule has 0 radical (unpaired) electrons. The van der Waals surface area contributed by atoms with Crippen LogP contribution in [0.4, 0.5) is 0 Å². The minimum atomic E-state index is -2.95. The van der Waals surface area contributed by atoms with Crippen LogP contribution in [0.1, 0.15) is 6.42 Å². The summed E-state index contributed by atoms with van der Waals surface area (Å²) in [6, 6.07) is -0.234. The largest absolute Gasteiger partial charge is 0.468 e. The van der Waals surface area contributed by atoms with Crippen molar-refractivity contribution >= 4 is 15.8 Å². The second kappa shape index (κ2) is 4.27. The quantitative estimate of drug-likeness (QED) is 0.586. The Bertz CT molecular complexity index is 311. The van der Waals surface area contributed by atoms with E-state index in [0.717, 1.165) is 13.0 Å². The molecule has 1 rings (SSSR count). The van der Waals surface area contributed by atoms with Gasteiger partial charge >= 0.3 is 5.97 Å². The number of carbonyl (C=O) groups is 1. The molecular weight excluding hydrogens is 206 g/mol. The first-order valence-corrected chi connectivity index (χ1v) is 6.49. The molecule has 0 saturated carbocycles. The summed E-state index contributed by atoms with van der Waals surface area (Å²) in [5.74, 6) is -0.176. The summed E-state index contributed by atoms with van der Waals surface area (Å²) in [5.41, 5.74) is 0. The average molecular weight is 221 g/mol. The van der Waals surface area contributed by atoms with Gasteiger partial charge in [0.2, 0.25) is 0 Å². The van der Waals surface area contributed by atoms with Crippen molar-refractivity contribution in [2.45, 2.75) is 12.5 Å². The molecule has 0 amide bonds. The van der Waals surface area contributed by atoms with E-state index in [9.17, 15) is 13.2 Å². The van der Waals surface area contributed by atoms with Crippen molar-refractivity contribution < 1.29 is 17.9 Å². The molecule has 0 aliphatic carbocycles. The molecule has 0 spiro atoms. The Labute approximate surface area is 83.9 Å². The van der Waals surface area contributed by atoms with Gasteiger partial charge in [-0.05, 0) is 6.42 Å². The van der Waals surface area contributed by atoms with Gasteiger partial charge in [0, 0.05) is 19.3 Å². The summed E-state index contributed by atoms with van der Waals surface area (Å²) < 4.78 is 26.3. The van der Waals surface area contributed by atoms with Crippen LogP contribution in [0, 0.1) is 0 Å². The van der Waals surface area contributed by atoms with Crippen molar-refractivity contribution in [1.29, 1.82) is 0 Å². The molecule has 1 heterocycles. The van der Waals surface area contributed by atoms with Crippen molar-refractivity contribution in [1.82, 2.24) is 4.90 Å². The highest BCUT2D eigenvalue weighted by molar-refractivity contribution is 7.90. The molecule has 6 heteroatoms. The van der Waals surface area contributed by atoms with Crippen molar-refractivity contribution in [3.8, 4) is 0 Å². The predicted octanol–water partition coefficient (Wildman–Crippen LogP) is -0.722. The van der Waals surface area contributed by atoms with Crippen LogP contribution >= 0.6 is 0 Å². The van der Waals surface area contributed by atoms with Gasteiger partial charge in [-0.2, -0.15) is 0 Å². The molecule has 1 saturated heterocycles. The van der Waals surface area contributed by atoms with E-state index in [1.165, 1.54) is 13.4 Å². The maximum Gasteiger partial charge on any atom is 0.323 e. The first-order chi connectivity index (χ1) is 6.44. The van der Waals surface area contributed by atoms with Crippen molar-refractivity contribution in [3.63, 3.8) is 0 Å². The maximum atomic E-state index is 11.1. The lowest BCUT2D eigenvalue weighted by atomic mass is 10.0. The molecule has 82 valence electrons. The van der Waals surface area contributed by atoms with E-state index >= 15 is 0 Å². The molecule has 0 N–H and O–H groups in total. The Kier molecular flexibility index (Phi) is 3.49. The smallest absolute Gasteiger partial charge is 0.323 e. The van der Waals surface area contributed by atoms with Crippen LogP contribution in [0.2, 0.25) is 0 Å². The van der Waals surface area contributed by atoms with Gasteiger partial charge in [0.05, 0.1) is 12.9 Å². The number of hydrogen-bond donors (Lipinski definition) is 0. The van der Waals surface area contributed by atoms with Crippen LogP contribution in [0.15, 0.2) is 0 Å². The summed E-state index contributed by atoms with van der Waals surface area (Å²) in [6.07, 6.45) is 1.95. The van der Waals surface area contributed by atoms with Crippen molar-refractivity contribution in [2.75, 3.05) is 32.2 Å². The zero-order valence-corrected chi connectivity index (χ0v) is 9.21. The third-order valence-electron chi connectivity index (χ3n) is 2.35. The number of sulfone groups is 1. The lowest BCUT2D eigenvalue weighted by Crippen LogP contribution is -2.54. The number of ether oxygens (including phenoxy) is 1. The number of rotatable bonds is 4. The number of hydrogen-bond acceptors (Lipinski definition) is 5. The zero-order chi connectivity index (χ0) is 10.8. The van der Waals surface area contributed by atoms with E-state index in [1.807, 2.05) is 4.90 Å². The van der Waals surface area contributed by atoms with Crippen molar-refractivity contribution in [3.05, 3.63) is 0 Å². The third kappa shape index (κ3) is 2.95. The molecule has 0 bridgehead atoms. The van der Waals surface area contributed by atoms with E-state index in [2.05, 4.69) is 4.74 Å². The number of nitrogens with zero attached hydrogens (tertiary/aromatic N) is 1. The molecule has 0 aromatic rings. The Hall–Kier alpha value is -0.620. The number of methoxy groups -OCH3 is 1. The third-order valence-corrected chi connectivity index (χ3v) is 3.28. The average Bonchev–Trinajstić information content (AvgIpc) is 2.00. The van der Waals surface area contributed by atoms with Gasteiger partial charge in [0.25, 0.3) is 0 Å². The topological polar surface area (TPSA) is 63.7 Å². The molecule has 5 nitrogen and oxygen atoms in total. The lowest BCUT2D eigenvalue weighted by Gasteiger charge is -2.38. The van der Waals surface area contributed by atoms with Gasteiger partial charge in [-0.1, -0.05) is 0 Å². The maximum absolute atomic E-state index is 11.1. The Morgan fingerprint density at radius 2 is 2.21 bits per heavy atom. The van der Waals surface area contributed by atoms with Gasteiger partial charge in [-0.15, -0.1) is 0 Å². The van der Waals surface area contributed by atoms with Crippen molar-refractivity contribution in [2.24, 2.45) is 0 Å². The fourth-order valence-corrected chi connectivity index (χ4v) is 1.96. The lowest BCUT2D eigenvalue weighted by molar-refractivity contribution is -0.151. The van der Waals surface area contributed by atoms with E-state index in [0.29, 0.717) is 6.54 Å². The monoisotopic (exact) mass is 221 g/mol. The molecule has 0 aromatic carbocycles. The van der Waals surface area contributed by atoms with Gasteiger partial charge in [-0.25, -0.2) is 8.42 Å². The summed E-state index contributed by atoms with van der Waals surface area (Å²) in [5, 5.41) is 0. The summed E-state index contributed by atoms with van der Waals surface area (Å²) in [7, 11) is -1.60. The normalized spacial score (nSPS) is 22.9. The minimum absolute atomic E-state index is 0.0977. The minimum Gasteiger partial charge on any atom is -0.468 e. The summed E-state index contributed by atoms with van der Waals surface area (Å²) in [6.45, 7) is 1.19. The van der Waals surface area contributed by atoms with Crippen LogP contribution in [-0.2, 0) is 19.4 Å². The highest BCUT2D eigenvalue weighted by atomic mass is 32.2. The van der Waals surface area contributed by atoms with E-state index in [4.69, 9.17) is 0 Å². The molecule has 1 aliphatic heterocycles. The van der Waals surface area contributed by atoms with Crippen LogP contribution in [0.25, 0.3) is 0 Å². The van der Waals surface area contributed by atoms with E-state index in [-0.39, 0.29) is 17.8 Å². The molecule has 1 fully saturated rings. The molecule has 1 unspecified atom stereocenters. The number of esters is 1. The van der Waals surface area contributed by atoms with Crippen LogP contribution in [0.5, 0.6) is 0 Å². The van der Waals surface area contributed by atoms with Crippen LogP contribution in [-0.4, -0.2) is 57.5 Å².